The zero-order chi connectivity index (χ0) is 21.9. The quantitative estimate of drug-likeness (QED) is 0.760. The maximum absolute atomic E-state index is 12.7. The van der Waals surface area contributed by atoms with E-state index in [2.05, 4.69) is 27.3 Å². The van der Waals surface area contributed by atoms with E-state index >= 15 is 0 Å². The van der Waals surface area contributed by atoms with Crippen molar-refractivity contribution in [1.29, 1.82) is 0 Å². The van der Waals surface area contributed by atoms with Crippen molar-refractivity contribution in [2.45, 2.75) is 30.9 Å². The van der Waals surface area contributed by atoms with Gasteiger partial charge < -0.3 is 10.2 Å². The third-order valence-electron chi connectivity index (χ3n) is 6.46. The van der Waals surface area contributed by atoms with Crippen molar-refractivity contribution < 1.29 is 18.0 Å². The van der Waals surface area contributed by atoms with Crippen molar-refractivity contribution in [2.24, 2.45) is 0 Å². The van der Waals surface area contributed by atoms with Gasteiger partial charge in [-0.2, -0.15) is 13.2 Å². The van der Waals surface area contributed by atoms with Gasteiger partial charge in [-0.25, -0.2) is 4.98 Å². The molecule has 2 aliphatic rings. The summed E-state index contributed by atoms with van der Waals surface area (Å²) in [6.45, 7) is 3.57. The van der Waals surface area contributed by atoms with E-state index in [1.807, 2.05) is 23.1 Å². The lowest BCUT2D eigenvalue weighted by molar-refractivity contribution is -0.137. The smallest absolute Gasteiger partial charge is 0.354 e. The Balaban J connectivity index is 1.24. The molecular weight excluding hydrogens is 405 g/mol. The number of carbonyl (C=O) groups is 1. The minimum Gasteiger partial charge on any atom is -0.354 e. The summed E-state index contributed by atoms with van der Waals surface area (Å²) in [4.78, 5) is 20.5. The van der Waals surface area contributed by atoms with Gasteiger partial charge in [-0.05, 0) is 30.5 Å². The average Bonchev–Trinajstić information content (AvgIpc) is 2.74. The second-order valence-electron chi connectivity index (χ2n) is 8.44. The molecule has 2 fully saturated rings. The van der Waals surface area contributed by atoms with E-state index in [4.69, 9.17) is 0 Å². The predicted molar refractivity (Wildman–Crippen MR) is 113 cm³/mol. The molecule has 31 heavy (non-hydrogen) atoms. The van der Waals surface area contributed by atoms with Crippen molar-refractivity contribution in [3.63, 3.8) is 0 Å². The van der Waals surface area contributed by atoms with Crippen LogP contribution in [0.1, 0.15) is 30.4 Å². The van der Waals surface area contributed by atoms with E-state index in [0.29, 0.717) is 45.1 Å². The molecule has 0 radical (unpaired) electrons. The SMILES string of the molecule is O=C(CN1CCN(c2ccc(C(F)(F)F)cn2)CC1)NCC1(c2ccccc2)CCC1. The topological polar surface area (TPSA) is 48.5 Å². The van der Waals surface area contributed by atoms with Crippen molar-refractivity contribution in [1.82, 2.24) is 15.2 Å². The van der Waals surface area contributed by atoms with Gasteiger partial charge in [0.2, 0.25) is 5.91 Å². The molecule has 0 unspecified atom stereocenters. The largest absolute Gasteiger partial charge is 0.417 e. The highest BCUT2D eigenvalue weighted by Gasteiger charge is 2.38. The number of alkyl halides is 3. The third-order valence-corrected chi connectivity index (χ3v) is 6.46. The maximum Gasteiger partial charge on any atom is 0.417 e. The molecule has 1 N–H and O–H groups in total. The van der Waals surface area contributed by atoms with Gasteiger partial charge in [0.1, 0.15) is 5.82 Å². The first-order valence-corrected chi connectivity index (χ1v) is 10.7. The van der Waals surface area contributed by atoms with Crippen LogP contribution in [0.3, 0.4) is 0 Å². The number of hydrogen-bond acceptors (Lipinski definition) is 4. The Labute approximate surface area is 180 Å². The number of amides is 1. The minimum atomic E-state index is -4.38. The van der Waals surface area contributed by atoms with Crippen molar-refractivity contribution >= 4 is 11.7 Å². The van der Waals surface area contributed by atoms with E-state index in [9.17, 15) is 18.0 Å². The molecule has 8 heteroatoms. The molecule has 0 spiro atoms. The van der Waals surface area contributed by atoms with Crippen LogP contribution in [0.4, 0.5) is 19.0 Å². The number of nitrogens with zero attached hydrogens (tertiary/aromatic N) is 3. The van der Waals surface area contributed by atoms with Crippen molar-refractivity contribution in [3.05, 3.63) is 59.8 Å². The molecule has 0 bridgehead atoms. The summed E-state index contributed by atoms with van der Waals surface area (Å²) in [7, 11) is 0. The molecule has 1 aliphatic heterocycles. The van der Waals surface area contributed by atoms with Crippen LogP contribution in [0.15, 0.2) is 48.7 Å². The number of rotatable bonds is 6. The van der Waals surface area contributed by atoms with Crippen LogP contribution in [0, 0.1) is 0 Å². The van der Waals surface area contributed by atoms with Crippen LogP contribution in [0.5, 0.6) is 0 Å². The van der Waals surface area contributed by atoms with Gasteiger partial charge in [-0.15, -0.1) is 0 Å². The van der Waals surface area contributed by atoms with Gasteiger partial charge in [0.25, 0.3) is 0 Å². The van der Waals surface area contributed by atoms with Crippen LogP contribution < -0.4 is 10.2 Å². The van der Waals surface area contributed by atoms with Crippen LogP contribution >= 0.6 is 0 Å². The molecule has 1 aromatic heterocycles. The highest BCUT2D eigenvalue weighted by Crippen LogP contribution is 2.43. The summed E-state index contributed by atoms with van der Waals surface area (Å²) in [6.07, 6.45) is -0.134. The number of anilines is 1. The summed E-state index contributed by atoms with van der Waals surface area (Å²) < 4.78 is 38.1. The van der Waals surface area contributed by atoms with E-state index in [0.717, 1.165) is 25.1 Å². The second kappa shape index (κ2) is 8.86. The Morgan fingerprint density at radius 2 is 1.74 bits per heavy atom. The monoisotopic (exact) mass is 432 g/mol. The molecule has 2 aromatic rings. The molecule has 4 rings (SSSR count). The first-order valence-electron chi connectivity index (χ1n) is 10.7. The number of halogens is 3. The fourth-order valence-electron chi connectivity index (χ4n) is 4.37. The number of carbonyl (C=O) groups excluding carboxylic acids is 1. The molecule has 1 saturated heterocycles. The van der Waals surface area contributed by atoms with Crippen molar-refractivity contribution in [2.75, 3.05) is 44.2 Å². The molecule has 2 heterocycles. The first-order chi connectivity index (χ1) is 14.9. The normalized spacial score (nSPS) is 19.0. The van der Waals surface area contributed by atoms with Gasteiger partial charge >= 0.3 is 6.18 Å². The lowest BCUT2D eigenvalue weighted by Crippen LogP contribution is -2.51. The molecule has 1 amide bonds. The molecule has 1 aliphatic carbocycles. The summed E-state index contributed by atoms with van der Waals surface area (Å²) in [5.74, 6) is 0.551. The number of piperazine rings is 1. The highest BCUT2D eigenvalue weighted by atomic mass is 19.4. The maximum atomic E-state index is 12.7. The van der Waals surface area contributed by atoms with Crippen LogP contribution in [0.2, 0.25) is 0 Å². The molecule has 0 atom stereocenters. The number of pyridine rings is 1. The standard InChI is InChI=1S/C23H27F3N4O/c24-23(25,26)19-7-8-20(27-15-19)30-13-11-29(12-14-30)16-21(31)28-17-22(9-4-10-22)18-5-2-1-3-6-18/h1-3,5-8,15H,4,9-14,16-17H2,(H,28,31). The van der Waals surface area contributed by atoms with Gasteiger partial charge in [-0.3, -0.25) is 9.69 Å². The number of nitrogens with one attached hydrogen (secondary N) is 1. The summed E-state index contributed by atoms with van der Waals surface area (Å²) in [5, 5.41) is 3.12. The Hall–Kier alpha value is -2.61. The van der Waals surface area contributed by atoms with Crippen LogP contribution in [-0.4, -0.2) is 55.1 Å². The molecule has 1 aromatic carbocycles. The van der Waals surface area contributed by atoms with E-state index in [-0.39, 0.29) is 11.3 Å². The zero-order valence-corrected chi connectivity index (χ0v) is 17.4. The van der Waals surface area contributed by atoms with E-state index < -0.39 is 11.7 Å². The predicted octanol–water partition coefficient (Wildman–Crippen LogP) is 3.46. The van der Waals surface area contributed by atoms with Crippen molar-refractivity contribution in [3.8, 4) is 0 Å². The fraction of sp³-hybridized carbons (Fsp3) is 0.478. The fourth-order valence-corrected chi connectivity index (χ4v) is 4.37. The first kappa shape index (κ1) is 21.6. The molecular formula is C23H27F3N4O. The van der Waals surface area contributed by atoms with Gasteiger partial charge in [0, 0.05) is 44.3 Å². The molecule has 5 nitrogen and oxygen atoms in total. The summed E-state index contributed by atoms with van der Waals surface area (Å²) in [5.41, 5.74) is 0.606. The third kappa shape index (κ3) is 5.01. The highest BCUT2D eigenvalue weighted by molar-refractivity contribution is 5.78. The lowest BCUT2D eigenvalue weighted by Gasteiger charge is -2.43. The summed E-state index contributed by atoms with van der Waals surface area (Å²) >= 11 is 0. The second-order valence-corrected chi connectivity index (χ2v) is 8.44. The van der Waals surface area contributed by atoms with Gasteiger partial charge in [-0.1, -0.05) is 36.8 Å². The van der Waals surface area contributed by atoms with Gasteiger partial charge in [0.05, 0.1) is 12.1 Å². The Kier molecular flexibility index (Phi) is 6.18. The molecule has 1 saturated carbocycles. The molecule has 166 valence electrons. The number of hydrogen-bond donors (Lipinski definition) is 1. The average molecular weight is 432 g/mol. The van der Waals surface area contributed by atoms with Crippen LogP contribution in [-0.2, 0) is 16.4 Å². The Morgan fingerprint density at radius 3 is 2.29 bits per heavy atom. The van der Waals surface area contributed by atoms with E-state index in [1.54, 1.807) is 0 Å². The zero-order valence-electron chi connectivity index (χ0n) is 17.4. The minimum absolute atomic E-state index is 0.0170. The Morgan fingerprint density at radius 1 is 1.03 bits per heavy atom. The number of aromatic nitrogens is 1. The number of benzene rings is 1. The van der Waals surface area contributed by atoms with Crippen LogP contribution in [0.25, 0.3) is 0 Å². The lowest BCUT2D eigenvalue weighted by atomic mass is 9.64. The Bertz CT molecular complexity index is 874. The van der Waals surface area contributed by atoms with Gasteiger partial charge in [0.15, 0.2) is 0 Å². The summed E-state index contributed by atoms with van der Waals surface area (Å²) in [6, 6.07) is 12.8. The van der Waals surface area contributed by atoms with E-state index in [1.165, 1.54) is 18.1 Å².